The Hall–Kier alpha value is -1.24. The Labute approximate surface area is 164 Å². The highest BCUT2D eigenvalue weighted by Crippen LogP contribution is 2.35. The molecule has 1 aromatic heterocycles. The SMILES string of the molecule is O=C(c1cc(Br)c(O)c(Br)c1)N1CCOc2ccncc21.[O-][Br+2]([O-])[O-]. The number of carbonyl (C=O) groups is 1. The van der Waals surface area contributed by atoms with Gasteiger partial charge in [-0.25, -0.2) is 0 Å². The molecule has 25 heavy (non-hydrogen) atoms. The van der Waals surface area contributed by atoms with Crippen LogP contribution < -0.4 is 22.2 Å². The van der Waals surface area contributed by atoms with Crippen LogP contribution in [0.2, 0.25) is 0 Å². The number of amides is 1. The van der Waals surface area contributed by atoms with Crippen molar-refractivity contribution in [1.29, 1.82) is 0 Å². The Kier molecular flexibility index (Phi) is 7.16. The smallest absolute Gasteiger partial charge is 0.258 e. The summed E-state index contributed by atoms with van der Waals surface area (Å²) >= 11 is 2.82. The van der Waals surface area contributed by atoms with Crippen LogP contribution in [-0.2, 0) is 0 Å². The summed E-state index contributed by atoms with van der Waals surface area (Å²) in [5.41, 5.74) is 1.11. The minimum Gasteiger partial charge on any atom is -0.506 e. The van der Waals surface area contributed by atoms with Gasteiger partial charge >= 0.3 is 0 Å². The molecule has 1 aliphatic rings. The molecule has 1 aliphatic heterocycles. The summed E-state index contributed by atoms with van der Waals surface area (Å²) in [6, 6.07) is 4.92. The maximum atomic E-state index is 12.7. The number of rotatable bonds is 1. The second-order valence-corrected chi connectivity index (χ2v) is 7.13. The quantitative estimate of drug-likeness (QED) is 0.528. The summed E-state index contributed by atoms with van der Waals surface area (Å²) in [6.07, 6.45) is 3.23. The third-order valence-corrected chi connectivity index (χ3v) is 4.34. The predicted molar refractivity (Wildman–Crippen MR) is 84.9 cm³/mol. The van der Waals surface area contributed by atoms with Crippen molar-refractivity contribution in [3.8, 4) is 11.5 Å². The summed E-state index contributed by atoms with van der Waals surface area (Å²) in [4.78, 5) is 18.4. The van der Waals surface area contributed by atoms with Crippen LogP contribution in [0.1, 0.15) is 10.4 Å². The van der Waals surface area contributed by atoms with Gasteiger partial charge in [-0.15, -0.1) is 0 Å². The van der Waals surface area contributed by atoms with E-state index < -0.39 is 14.8 Å². The maximum Gasteiger partial charge on any atom is 0.258 e. The number of ether oxygens (including phenoxy) is 1. The molecule has 8 nitrogen and oxygen atoms in total. The summed E-state index contributed by atoms with van der Waals surface area (Å²) in [5.74, 6) is 0.533. The number of phenols is 1. The number of halogens is 3. The molecule has 2 aromatic rings. The lowest BCUT2D eigenvalue weighted by Crippen LogP contribution is -2.42. The van der Waals surface area contributed by atoms with E-state index in [1.807, 2.05) is 0 Å². The molecule has 11 heteroatoms. The first-order valence-electron chi connectivity index (χ1n) is 6.61. The third-order valence-electron chi connectivity index (χ3n) is 3.13. The van der Waals surface area contributed by atoms with Crippen molar-refractivity contribution in [2.24, 2.45) is 0 Å². The van der Waals surface area contributed by atoms with Crippen LogP contribution in [0.5, 0.6) is 11.5 Å². The van der Waals surface area contributed by atoms with E-state index >= 15 is 0 Å². The number of carbonyl (C=O) groups excluding carboxylic acids is 1. The van der Waals surface area contributed by atoms with Gasteiger partial charge in [-0.05, 0) is 44.0 Å². The first-order chi connectivity index (χ1) is 11.8. The fourth-order valence-electron chi connectivity index (χ4n) is 2.12. The summed E-state index contributed by atoms with van der Waals surface area (Å²) in [5, 5.41) is 9.73. The van der Waals surface area contributed by atoms with Gasteiger partial charge in [0, 0.05) is 17.8 Å². The minimum atomic E-state index is -3.65. The van der Waals surface area contributed by atoms with Gasteiger partial charge in [-0.2, -0.15) is 0 Å². The number of pyridine rings is 1. The van der Waals surface area contributed by atoms with Crippen molar-refractivity contribution < 1.29 is 42.0 Å². The van der Waals surface area contributed by atoms with Crippen molar-refractivity contribution >= 4 is 43.5 Å². The lowest BCUT2D eigenvalue weighted by Gasteiger charge is -2.29. The van der Waals surface area contributed by atoms with Crippen LogP contribution in [0, 0.1) is 14.8 Å². The maximum absolute atomic E-state index is 12.7. The lowest BCUT2D eigenvalue weighted by atomic mass is 10.1. The fourth-order valence-corrected chi connectivity index (χ4v) is 3.31. The summed E-state index contributed by atoms with van der Waals surface area (Å²) in [7, 11) is 0. The molecule has 2 heterocycles. The lowest BCUT2D eigenvalue weighted by molar-refractivity contribution is -1.73. The first kappa shape index (κ1) is 20.1. The molecule has 0 spiro atoms. The number of phenolic OH excluding ortho intramolecular Hbond substituents is 1. The summed E-state index contributed by atoms with van der Waals surface area (Å²) < 4.78 is 32.0. The van der Waals surface area contributed by atoms with Gasteiger partial charge in [-0.3, -0.25) is 9.78 Å². The molecule has 1 N–H and O–H groups in total. The molecule has 1 amide bonds. The second-order valence-electron chi connectivity index (χ2n) is 4.63. The number of hydrogen-bond donors (Lipinski definition) is 1. The number of anilines is 1. The predicted octanol–water partition coefficient (Wildman–Crippen LogP) is -0.216. The van der Waals surface area contributed by atoms with Crippen LogP contribution in [0.25, 0.3) is 0 Å². The molecule has 0 radical (unpaired) electrons. The number of hydrogen-bond acceptors (Lipinski definition) is 7. The van der Waals surface area contributed by atoms with Gasteiger partial charge in [0.15, 0.2) is 0 Å². The molecule has 1 aromatic carbocycles. The Bertz CT molecular complexity index is 748. The molecule has 134 valence electrons. The van der Waals surface area contributed by atoms with Gasteiger partial charge in [-0.1, -0.05) is 0 Å². The van der Waals surface area contributed by atoms with Gasteiger partial charge in [0.1, 0.15) is 23.8 Å². The van der Waals surface area contributed by atoms with Crippen LogP contribution in [0.15, 0.2) is 39.5 Å². The topological polar surface area (TPSA) is 132 Å². The molecule has 0 bridgehead atoms. The molecule has 0 saturated heterocycles. The highest BCUT2D eigenvalue weighted by atomic mass is 80.0. The second kappa shape index (κ2) is 8.92. The molecular weight excluding hydrogens is 532 g/mol. The minimum absolute atomic E-state index is 0.0654. The van der Waals surface area contributed by atoms with E-state index in [9.17, 15) is 9.90 Å². The van der Waals surface area contributed by atoms with E-state index in [0.29, 0.717) is 39.1 Å². The Morgan fingerprint density at radius 3 is 2.48 bits per heavy atom. The van der Waals surface area contributed by atoms with Gasteiger partial charge in [0.2, 0.25) is 14.8 Å². The highest BCUT2D eigenvalue weighted by molar-refractivity contribution is 9.11. The van der Waals surface area contributed by atoms with Crippen LogP contribution in [-0.4, -0.2) is 29.1 Å². The van der Waals surface area contributed by atoms with Gasteiger partial charge in [0.25, 0.3) is 5.91 Å². The Balaban J connectivity index is 0.000000511. The molecule has 0 unspecified atom stereocenters. The third kappa shape index (κ3) is 5.12. The van der Waals surface area contributed by atoms with E-state index in [2.05, 4.69) is 36.8 Å². The van der Waals surface area contributed by atoms with Crippen LogP contribution in [0.3, 0.4) is 0 Å². The summed E-state index contributed by atoms with van der Waals surface area (Å²) in [6.45, 7) is 0.886. The molecule has 0 saturated carbocycles. The van der Waals surface area contributed by atoms with E-state index in [-0.39, 0.29) is 11.7 Å². The van der Waals surface area contributed by atoms with E-state index in [4.69, 9.17) is 17.3 Å². The largest absolute Gasteiger partial charge is 0.506 e. The zero-order valence-electron chi connectivity index (χ0n) is 12.3. The number of nitrogens with zero attached hydrogens (tertiary/aromatic N) is 2. The van der Waals surface area contributed by atoms with Crippen molar-refractivity contribution in [3.05, 3.63) is 45.1 Å². The van der Waals surface area contributed by atoms with Crippen molar-refractivity contribution in [3.63, 3.8) is 0 Å². The molecule has 0 atom stereocenters. The average Bonchev–Trinajstić information content (AvgIpc) is 2.57. The number of benzene rings is 1. The average molecular weight is 542 g/mol. The Morgan fingerprint density at radius 2 is 1.88 bits per heavy atom. The van der Waals surface area contributed by atoms with Crippen molar-refractivity contribution in [1.82, 2.24) is 4.98 Å². The molecule has 0 fully saturated rings. The van der Waals surface area contributed by atoms with Gasteiger partial charge in [0.05, 0.1) is 21.7 Å². The van der Waals surface area contributed by atoms with E-state index in [1.54, 1.807) is 35.5 Å². The molecule has 3 rings (SSSR count). The first-order valence-corrected chi connectivity index (χ1v) is 10.1. The van der Waals surface area contributed by atoms with E-state index in [0.717, 1.165) is 0 Å². The number of fused-ring (bicyclic) bond motifs is 1. The number of aromatic hydroxyl groups is 1. The fraction of sp³-hybridized carbons (Fsp3) is 0.143. The molecular formula is C14H10Br3N2O6-. The van der Waals surface area contributed by atoms with E-state index in [1.165, 1.54) is 0 Å². The van der Waals surface area contributed by atoms with Crippen LogP contribution >= 0.6 is 31.9 Å². The van der Waals surface area contributed by atoms with Gasteiger partial charge < -0.3 is 27.3 Å². The molecule has 0 aliphatic carbocycles. The standard InChI is InChI=1S/C14H10Br2N2O3.BrO3/c15-9-5-8(6-10(16)13(9)19)14(20)18-3-4-21-12-1-2-17-7-11(12)18;2-1(3)4/h1-2,5-7,19H,3-4H2;/q;-1. The zero-order valence-corrected chi connectivity index (χ0v) is 17.1. The van der Waals surface area contributed by atoms with Crippen molar-refractivity contribution in [2.45, 2.75) is 0 Å². The zero-order chi connectivity index (χ0) is 18.6. The monoisotopic (exact) mass is 539 g/mol. The Morgan fingerprint density at radius 1 is 1.28 bits per heavy atom. The van der Waals surface area contributed by atoms with Crippen molar-refractivity contribution in [2.75, 3.05) is 18.1 Å². The van der Waals surface area contributed by atoms with Crippen LogP contribution in [0.4, 0.5) is 5.69 Å². The normalized spacial score (nSPS) is 12.8. The number of aromatic nitrogens is 1. The highest BCUT2D eigenvalue weighted by Gasteiger charge is 2.25.